The van der Waals surface area contributed by atoms with E-state index in [0.717, 1.165) is 9.54 Å². The standard InChI is InChI=1S/C15H17BrOS/c1-3-11(2)12-4-6-13(7-5-12)17-10-14-8-9-15(16)18-14/h4-9,11H,3,10H2,1-2H3. The molecule has 0 saturated heterocycles. The van der Waals surface area contributed by atoms with E-state index in [4.69, 9.17) is 4.74 Å². The molecule has 0 aliphatic carbocycles. The van der Waals surface area contributed by atoms with E-state index in [1.807, 2.05) is 0 Å². The molecule has 0 aliphatic rings. The molecule has 1 aromatic heterocycles. The van der Waals surface area contributed by atoms with Gasteiger partial charge in [0.2, 0.25) is 0 Å². The van der Waals surface area contributed by atoms with Gasteiger partial charge in [-0.25, -0.2) is 0 Å². The van der Waals surface area contributed by atoms with Crippen LogP contribution in [0.2, 0.25) is 0 Å². The van der Waals surface area contributed by atoms with E-state index >= 15 is 0 Å². The van der Waals surface area contributed by atoms with Gasteiger partial charge in [-0.2, -0.15) is 0 Å². The summed E-state index contributed by atoms with van der Waals surface area (Å²) in [5.41, 5.74) is 1.38. The van der Waals surface area contributed by atoms with E-state index in [-0.39, 0.29) is 0 Å². The van der Waals surface area contributed by atoms with Crippen molar-refractivity contribution in [3.63, 3.8) is 0 Å². The van der Waals surface area contributed by atoms with Gasteiger partial charge in [0.15, 0.2) is 0 Å². The fraction of sp³-hybridized carbons (Fsp3) is 0.333. The maximum Gasteiger partial charge on any atom is 0.122 e. The Labute approximate surface area is 121 Å². The van der Waals surface area contributed by atoms with Crippen molar-refractivity contribution in [3.8, 4) is 5.75 Å². The third-order valence-electron chi connectivity index (χ3n) is 3.07. The fourth-order valence-electron chi connectivity index (χ4n) is 1.71. The highest BCUT2D eigenvalue weighted by atomic mass is 79.9. The van der Waals surface area contributed by atoms with Crippen molar-refractivity contribution in [2.24, 2.45) is 0 Å². The van der Waals surface area contributed by atoms with Crippen molar-refractivity contribution in [1.29, 1.82) is 0 Å². The molecule has 18 heavy (non-hydrogen) atoms. The minimum absolute atomic E-state index is 0.618. The molecule has 0 radical (unpaired) electrons. The van der Waals surface area contributed by atoms with Gasteiger partial charge in [0, 0.05) is 4.88 Å². The zero-order valence-corrected chi connectivity index (χ0v) is 13.1. The lowest BCUT2D eigenvalue weighted by atomic mass is 9.99. The van der Waals surface area contributed by atoms with Gasteiger partial charge >= 0.3 is 0 Å². The molecule has 0 aliphatic heterocycles. The third kappa shape index (κ3) is 3.59. The summed E-state index contributed by atoms with van der Waals surface area (Å²) in [5.74, 6) is 1.55. The first-order chi connectivity index (χ1) is 8.69. The van der Waals surface area contributed by atoms with Crippen LogP contribution in [0.5, 0.6) is 5.75 Å². The average molecular weight is 325 g/mol. The molecule has 0 bridgehead atoms. The normalized spacial score (nSPS) is 12.4. The zero-order valence-electron chi connectivity index (χ0n) is 10.7. The molecular formula is C15H17BrOS. The van der Waals surface area contributed by atoms with E-state index in [9.17, 15) is 0 Å². The molecule has 2 aromatic rings. The minimum atomic E-state index is 0.618. The van der Waals surface area contributed by atoms with Gasteiger partial charge in [0.1, 0.15) is 12.4 Å². The Morgan fingerprint density at radius 2 is 1.89 bits per heavy atom. The molecular weight excluding hydrogens is 308 g/mol. The van der Waals surface area contributed by atoms with Crippen LogP contribution in [0.15, 0.2) is 40.2 Å². The minimum Gasteiger partial charge on any atom is -0.488 e. The Balaban J connectivity index is 1.94. The fourth-order valence-corrected chi connectivity index (χ4v) is 3.11. The number of thiophene rings is 1. The van der Waals surface area contributed by atoms with Crippen LogP contribution in [-0.2, 0) is 6.61 Å². The quantitative estimate of drug-likeness (QED) is 0.695. The molecule has 0 amide bonds. The van der Waals surface area contributed by atoms with Crippen molar-refractivity contribution < 1.29 is 4.74 Å². The van der Waals surface area contributed by atoms with Crippen molar-refractivity contribution in [3.05, 3.63) is 50.6 Å². The molecule has 3 heteroatoms. The Bertz CT molecular complexity index is 489. The summed E-state index contributed by atoms with van der Waals surface area (Å²) in [6.45, 7) is 5.10. The largest absolute Gasteiger partial charge is 0.488 e. The highest BCUT2D eigenvalue weighted by Crippen LogP contribution is 2.25. The van der Waals surface area contributed by atoms with Crippen molar-refractivity contribution in [2.75, 3.05) is 0 Å². The summed E-state index contributed by atoms with van der Waals surface area (Å²) in [6, 6.07) is 12.6. The summed E-state index contributed by atoms with van der Waals surface area (Å²) >= 11 is 5.17. The summed E-state index contributed by atoms with van der Waals surface area (Å²) in [7, 11) is 0. The van der Waals surface area contributed by atoms with Gasteiger partial charge < -0.3 is 4.74 Å². The van der Waals surface area contributed by atoms with Crippen LogP contribution in [0.3, 0.4) is 0 Å². The average Bonchev–Trinajstić information content (AvgIpc) is 2.82. The number of ether oxygens (including phenoxy) is 1. The van der Waals surface area contributed by atoms with Crippen molar-refractivity contribution in [2.45, 2.75) is 32.8 Å². The van der Waals surface area contributed by atoms with E-state index in [2.05, 4.69) is 66.2 Å². The maximum atomic E-state index is 5.76. The Kier molecular flexibility index (Phi) is 4.84. The monoisotopic (exact) mass is 324 g/mol. The molecule has 1 aromatic carbocycles. The first kappa shape index (κ1) is 13.6. The predicted octanol–water partition coefficient (Wildman–Crippen LogP) is 5.60. The predicted molar refractivity (Wildman–Crippen MR) is 81.5 cm³/mol. The van der Waals surface area contributed by atoms with Crippen molar-refractivity contribution >= 4 is 27.3 Å². The lowest BCUT2D eigenvalue weighted by Gasteiger charge is -2.10. The van der Waals surface area contributed by atoms with E-state index in [0.29, 0.717) is 12.5 Å². The first-order valence-electron chi connectivity index (χ1n) is 6.16. The Morgan fingerprint density at radius 3 is 2.44 bits per heavy atom. The van der Waals surface area contributed by atoms with Crippen LogP contribution in [0.4, 0.5) is 0 Å². The highest BCUT2D eigenvalue weighted by Gasteiger charge is 2.03. The molecule has 1 atom stereocenters. The first-order valence-corrected chi connectivity index (χ1v) is 7.77. The molecule has 2 rings (SSSR count). The molecule has 1 heterocycles. The van der Waals surface area contributed by atoms with Gasteiger partial charge in [-0.05, 0) is 58.1 Å². The van der Waals surface area contributed by atoms with Crippen LogP contribution in [0.25, 0.3) is 0 Å². The second-order valence-corrected chi connectivity index (χ2v) is 6.92. The number of hydrogen-bond acceptors (Lipinski definition) is 2. The number of halogens is 1. The molecule has 96 valence electrons. The summed E-state index contributed by atoms with van der Waals surface area (Å²) in [5, 5.41) is 0. The van der Waals surface area contributed by atoms with E-state index < -0.39 is 0 Å². The Hall–Kier alpha value is -0.800. The van der Waals surface area contributed by atoms with Gasteiger partial charge in [0.25, 0.3) is 0 Å². The van der Waals surface area contributed by atoms with Gasteiger partial charge in [-0.15, -0.1) is 11.3 Å². The molecule has 0 fully saturated rings. The van der Waals surface area contributed by atoms with Crippen LogP contribution < -0.4 is 4.74 Å². The van der Waals surface area contributed by atoms with Crippen LogP contribution in [-0.4, -0.2) is 0 Å². The Morgan fingerprint density at radius 1 is 1.17 bits per heavy atom. The summed E-state index contributed by atoms with van der Waals surface area (Å²) in [6.07, 6.45) is 1.17. The smallest absolute Gasteiger partial charge is 0.122 e. The molecule has 0 N–H and O–H groups in total. The van der Waals surface area contributed by atoms with Gasteiger partial charge in [-0.1, -0.05) is 26.0 Å². The van der Waals surface area contributed by atoms with Crippen LogP contribution >= 0.6 is 27.3 Å². The second-order valence-electron chi connectivity index (χ2n) is 4.37. The highest BCUT2D eigenvalue weighted by molar-refractivity contribution is 9.11. The zero-order chi connectivity index (χ0) is 13.0. The molecule has 1 nitrogen and oxygen atoms in total. The lowest BCUT2D eigenvalue weighted by molar-refractivity contribution is 0.309. The van der Waals surface area contributed by atoms with E-state index in [1.54, 1.807) is 11.3 Å². The second kappa shape index (κ2) is 6.39. The molecule has 1 unspecified atom stereocenters. The molecule has 0 saturated carbocycles. The molecule has 0 spiro atoms. The summed E-state index contributed by atoms with van der Waals surface area (Å²) in [4.78, 5) is 1.23. The number of benzene rings is 1. The number of hydrogen-bond donors (Lipinski definition) is 0. The van der Waals surface area contributed by atoms with E-state index in [1.165, 1.54) is 16.9 Å². The van der Waals surface area contributed by atoms with Gasteiger partial charge in [-0.3, -0.25) is 0 Å². The topological polar surface area (TPSA) is 9.23 Å². The van der Waals surface area contributed by atoms with Crippen LogP contribution in [0, 0.1) is 0 Å². The SMILES string of the molecule is CCC(C)c1ccc(OCc2ccc(Br)s2)cc1. The van der Waals surface area contributed by atoms with Crippen molar-refractivity contribution in [1.82, 2.24) is 0 Å². The summed E-state index contributed by atoms with van der Waals surface area (Å²) < 4.78 is 6.91. The van der Waals surface area contributed by atoms with Crippen LogP contribution in [0.1, 0.15) is 36.6 Å². The lowest BCUT2D eigenvalue weighted by Crippen LogP contribution is -1.94. The maximum absolute atomic E-state index is 5.76. The number of rotatable bonds is 5. The third-order valence-corrected chi connectivity index (χ3v) is 4.67. The van der Waals surface area contributed by atoms with Gasteiger partial charge in [0.05, 0.1) is 3.79 Å².